The van der Waals surface area contributed by atoms with Crippen LogP contribution in [0.15, 0.2) is 4.52 Å². The Kier molecular flexibility index (Phi) is 3.87. The second kappa shape index (κ2) is 5.80. The summed E-state index contributed by atoms with van der Waals surface area (Å²) in [6.45, 7) is 1.00. The third-order valence-corrected chi connectivity index (χ3v) is 3.78. The number of hydrogen-bond acceptors (Lipinski definition) is 6. The Bertz CT molecular complexity index is 534. The van der Waals surface area contributed by atoms with E-state index in [4.69, 9.17) is 9.63 Å². The van der Waals surface area contributed by atoms with Crippen molar-refractivity contribution in [2.45, 2.75) is 31.7 Å². The highest BCUT2D eigenvalue weighted by Crippen LogP contribution is 2.30. The molecule has 1 saturated carbocycles. The van der Waals surface area contributed by atoms with Gasteiger partial charge in [-0.2, -0.15) is 4.98 Å². The van der Waals surface area contributed by atoms with Crippen LogP contribution in [0, 0.1) is 5.92 Å². The minimum absolute atomic E-state index is 0.00425. The van der Waals surface area contributed by atoms with Crippen molar-refractivity contribution in [3.8, 4) is 0 Å². The fourth-order valence-corrected chi connectivity index (χ4v) is 2.49. The smallest absolute Gasteiger partial charge is 0.323 e. The van der Waals surface area contributed by atoms with Crippen LogP contribution in [-0.4, -0.2) is 51.7 Å². The lowest BCUT2D eigenvalue weighted by molar-refractivity contribution is -0.137. The van der Waals surface area contributed by atoms with Gasteiger partial charge in [0.05, 0.1) is 6.04 Å². The molecule has 114 valence electrons. The van der Waals surface area contributed by atoms with Crippen LogP contribution in [0.3, 0.4) is 0 Å². The molecule has 1 amide bonds. The molecule has 2 fully saturated rings. The van der Waals surface area contributed by atoms with Gasteiger partial charge in [-0.05, 0) is 38.1 Å². The fourth-order valence-electron chi connectivity index (χ4n) is 2.49. The highest BCUT2D eigenvalue weighted by molar-refractivity contribution is 5.92. The van der Waals surface area contributed by atoms with Crippen LogP contribution in [0.25, 0.3) is 0 Å². The van der Waals surface area contributed by atoms with Crippen molar-refractivity contribution in [1.29, 1.82) is 0 Å². The highest BCUT2D eigenvalue weighted by Gasteiger charge is 2.31. The molecule has 0 radical (unpaired) electrons. The van der Waals surface area contributed by atoms with Gasteiger partial charge >= 0.3 is 5.97 Å². The van der Waals surface area contributed by atoms with Crippen molar-refractivity contribution in [3.63, 3.8) is 0 Å². The van der Waals surface area contributed by atoms with Gasteiger partial charge < -0.3 is 19.8 Å². The van der Waals surface area contributed by atoms with E-state index >= 15 is 0 Å². The molecule has 8 heteroatoms. The lowest BCUT2D eigenvalue weighted by Gasteiger charge is -2.18. The minimum atomic E-state index is -1.04. The van der Waals surface area contributed by atoms with E-state index in [1.807, 2.05) is 0 Å². The van der Waals surface area contributed by atoms with Crippen LogP contribution < -0.4 is 5.32 Å². The molecule has 1 aromatic rings. The van der Waals surface area contributed by atoms with Crippen molar-refractivity contribution in [3.05, 3.63) is 11.7 Å². The van der Waals surface area contributed by atoms with Crippen LogP contribution >= 0.6 is 0 Å². The zero-order valence-electron chi connectivity index (χ0n) is 11.6. The van der Waals surface area contributed by atoms with Crippen LogP contribution in [0.4, 0.5) is 0 Å². The predicted octanol–water partition coefficient (Wildman–Crippen LogP) is 0.431. The average molecular weight is 294 g/mol. The van der Waals surface area contributed by atoms with E-state index in [0.717, 1.165) is 32.2 Å². The Morgan fingerprint density at radius 3 is 2.81 bits per heavy atom. The van der Waals surface area contributed by atoms with Gasteiger partial charge in [-0.15, -0.1) is 0 Å². The van der Waals surface area contributed by atoms with E-state index in [0.29, 0.717) is 18.4 Å². The summed E-state index contributed by atoms with van der Waals surface area (Å²) in [4.78, 5) is 28.6. The van der Waals surface area contributed by atoms with E-state index in [1.54, 1.807) is 0 Å². The summed E-state index contributed by atoms with van der Waals surface area (Å²) in [7, 11) is 0. The maximum absolute atomic E-state index is 12.3. The summed E-state index contributed by atoms with van der Waals surface area (Å²) in [6, 6.07) is -0.00425. The normalized spacial score (nSPS) is 21.4. The quantitative estimate of drug-likeness (QED) is 0.783. The Labute approximate surface area is 121 Å². The Balaban J connectivity index is 1.70. The van der Waals surface area contributed by atoms with Crippen LogP contribution in [0.1, 0.15) is 48.2 Å². The van der Waals surface area contributed by atoms with E-state index in [-0.39, 0.29) is 18.4 Å². The van der Waals surface area contributed by atoms with E-state index in [1.165, 1.54) is 4.90 Å². The third-order valence-electron chi connectivity index (χ3n) is 3.78. The Morgan fingerprint density at radius 2 is 2.19 bits per heavy atom. The lowest BCUT2D eigenvalue weighted by atomic mass is 10.2. The zero-order valence-corrected chi connectivity index (χ0v) is 11.6. The van der Waals surface area contributed by atoms with Gasteiger partial charge in [0.15, 0.2) is 0 Å². The van der Waals surface area contributed by atoms with Crippen LogP contribution in [0.2, 0.25) is 0 Å². The first kappa shape index (κ1) is 14.0. The van der Waals surface area contributed by atoms with Crippen LogP contribution in [0.5, 0.6) is 0 Å². The molecule has 0 aromatic carbocycles. The maximum atomic E-state index is 12.3. The summed E-state index contributed by atoms with van der Waals surface area (Å²) in [5.74, 6) is -0.767. The van der Waals surface area contributed by atoms with Gasteiger partial charge in [-0.3, -0.25) is 9.59 Å². The molecule has 0 bridgehead atoms. The number of hydrogen-bond donors (Lipinski definition) is 2. The molecule has 2 heterocycles. The van der Waals surface area contributed by atoms with E-state index in [2.05, 4.69) is 15.5 Å². The highest BCUT2D eigenvalue weighted by atomic mass is 16.5. The topological polar surface area (TPSA) is 109 Å². The minimum Gasteiger partial charge on any atom is -0.480 e. The summed E-state index contributed by atoms with van der Waals surface area (Å²) in [5, 5.41) is 15.8. The fraction of sp³-hybridized carbons (Fsp3) is 0.692. The van der Waals surface area contributed by atoms with Crippen LogP contribution in [-0.2, 0) is 4.79 Å². The lowest BCUT2D eigenvalue weighted by Crippen LogP contribution is -2.37. The molecule has 21 heavy (non-hydrogen) atoms. The van der Waals surface area contributed by atoms with Gasteiger partial charge in [0, 0.05) is 6.54 Å². The van der Waals surface area contributed by atoms with Gasteiger partial charge in [0.1, 0.15) is 6.54 Å². The number of carbonyl (C=O) groups is 2. The number of carboxylic acids is 1. The van der Waals surface area contributed by atoms with Crippen molar-refractivity contribution in [2.75, 3.05) is 19.6 Å². The zero-order chi connectivity index (χ0) is 14.8. The number of carboxylic acid groups (broad SMARTS) is 1. The molecule has 2 N–H and O–H groups in total. The molecule has 8 nitrogen and oxygen atoms in total. The second-order valence-electron chi connectivity index (χ2n) is 5.63. The molecular formula is C13H18N4O4. The van der Waals surface area contributed by atoms with Crippen molar-refractivity contribution < 1.29 is 19.2 Å². The molecule has 1 aliphatic carbocycles. The van der Waals surface area contributed by atoms with Crippen molar-refractivity contribution >= 4 is 11.9 Å². The monoisotopic (exact) mass is 294 g/mol. The van der Waals surface area contributed by atoms with E-state index < -0.39 is 11.9 Å². The first-order valence-electron chi connectivity index (χ1n) is 7.21. The standard InChI is InChI=1S/C13H18N4O4/c18-10(19)7-17(6-8-3-4-8)13(20)11-15-12(21-16-11)9-2-1-5-14-9/h8-9,14H,1-7H2,(H,18,19). The largest absolute Gasteiger partial charge is 0.480 e. The van der Waals surface area contributed by atoms with E-state index in [9.17, 15) is 9.59 Å². The molecule has 1 aliphatic heterocycles. The molecule has 0 spiro atoms. The number of carbonyl (C=O) groups excluding carboxylic acids is 1. The van der Waals surface area contributed by atoms with Crippen molar-refractivity contribution in [1.82, 2.24) is 20.4 Å². The Hall–Kier alpha value is -1.96. The van der Waals surface area contributed by atoms with Gasteiger partial charge in [0.25, 0.3) is 11.7 Å². The molecule has 2 aliphatic rings. The number of aliphatic carboxylic acids is 1. The molecule has 3 rings (SSSR count). The molecular weight excluding hydrogens is 276 g/mol. The molecule has 1 atom stereocenters. The summed E-state index contributed by atoms with van der Waals surface area (Å²) in [6.07, 6.45) is 4.00. The first-order valence-corrected chi connectivity index (χ1v) is 7.21. The second-order valence-corrected chi connectivity index (χ2v) is 5.63. The van der Waals surface area contributed by atoms with Gasteiger partial charge in [-0.25, -0.2) is 0 Å². The number of nitrogens with zero attached hydrogens (tertiary/aromatic N) is 3. The van der Waals surface area contributed by atoms with Gasteiger partial charge in [-0.1, -0.05) is 5.16 Å². The maximum Gasteiger partial charge on any atom is 0.323 e. The average Bonchev–Trinajstić information content (AvgIpc) is 2.96. The molecule has 1 aromatic heterocycles. The molecule has 1 saturated heterocycles. The number of aromatic nitrogens is 2. The Morgan fingerprint density at radius 1 is 1.38 bits per heavy atom. The predicted molar refractivity (Wildman–Crippen MR) is 70.5 cm³/mol. The first-order chi connectivity index (χ1) is 10.1. The third kappa shape index (κ3) is 3.38. The summed E-state index contributed by atoms with van der Waals surface area (Å²) < 4.78 is 5.13. The number of rotatable bonds is 6. The number of nitrogens with one attached hydrogen (secondary N) is 1. The molecule has 1 unspecified atom stereocenters. The summed E-state index contributed by atoms with van der Waals surface area (Å²) >= 11 is 0. The number of amides is 1. The van der Waals surface area contributed by atoms with Crippen molar-refractivity contribution in [2.24, 2.45) is 5.92 Å². The van der Waals surface area contributed by atoms with Gasteiger partial charge in [0.2, 0.25) is 5.89 Å². The summed E-state index contributed by atoms with van der Waals surface area (Å²) in [5.41, 5.74) is 0. The SMILES string of the molecule is O=C(O)CN(CC1CC1)C(=O)c1noc(C2CCCN2)n1.